The predicted octanol–water partition coefficient (Wildman–Crippen LogP) is 7.88. The molecule has 0 atom stereocenters. The van der Waals surface area contributed by atoms with E-state index in [1.165, 1.54) is 64.2 Å². The van der Waals surface area contributed by atoms with Gasteiger partial charge < -0.3 is 0 Å². The SMILES string of the molecule is CCCN=P(N(C)C)(N(C)C)N(C(CCC)CCC)C(CCC)(CCC)CCC. The minimum Gasteiger partial charge on any atom is -0.261 e. The lowest BCUT2D eigenvalue weighted by Gasteiger charge is -2.57. The summed E-state index contributed by atoms with van der Waals surface area (Å²) in [4.78, 5) is 0. The van der Waals surface area contributed by atoms with Crippen LogP contribution in [0.25, 0.3) is 0 Å². The van der Waals surface area contributed by atoms with Crippen LogP contribution in [0.5, 0.6) is 0 Å². The van der Waals surface area contributed by atoms with Crippen molar-refractivity contribution in [3.63, 3.8) is 0 Å². The topological polar surface area (TPSA) is 22.1 Å². The van der Waals surface area contributed by atoms with Crippen LogP contribution < -0.4 is 0 Å². The van der Waals surface area contributed by atoms with Crippen LogP contribution in [0.4, 0.5) is 0 Å². The zero-order valence-electron chi connectivity index (χ0n) is 21.8. The lowest BCUT2D eigenvalue weighted by Crippen LogP contribution is -2.55. The van der Waals surface area contributed by atoms with E-state index in [1.807, 2.05) is 0 Å². The van der Waals surface area contributed by atoms with Crippen molar-refractivity contribution in [3.8, 4) is 0 Å². The van der Waals surface area contributed by atoms with E-state index < -0.39 is 7.51 Å². The Morgan fingerprint density at radius 3 is 1.34 bits per heavy atom. The van der Waals surface area contributed by atoms with E-state index in [-0.39, 0.29) is 5.54 Å². The number of hydrogen-bond acceptors (Lipinski definition) is 1. The van der Waals surface area contributed by atoms with Gasteiger partial charge >= 0.3 is 0 Å². The third-order valence-electron chi connectivity index (χ3n) is 6.10. The van der Waals surface area contributed by atoms with E-state index in [4.69, 9.17) is 4.74 Å². The minimum absolute atomic E-state index is 0.243. The second-order valence-corrected chi connectivity index (χ2v) is 12.5. The normalized spacial score (nSPS) is 13.3. The fourth-order valence-corrected chi connectivity index (χ4v) is 9.49. The maximum Gasteiger partial charge on any atom is 0.167 e. The molecule has 0 aliphatic carbocycles. The molecule has 0 amide bonds. The van der Waals surface area contributed by atoms with Gasteiger partial charge in [0.15, 0.2) is 7.51 Å². The Bertz CT molecular complexity index is 427. The Hall–Kier alpha value is 0.110. The molecule has 0 radical (unpaired) electrons. The van der Waals surface area contributed by atoms with Gasteiger partial charge in [0.25, 0.3) is 0 Å². The molecule has 0 saturated heterocycles. The van der Waals surface area contributed by atoms with Gasteiger partial charge in [0.2, 0.25) is 0 Å². The van der Waals surface area contributed by atoms with E-state index in [2.05, 4.69) is 83.7 Å². The van der Waals surface area contributed by atoms with Crippen LogP contribution in [-0.2, 0) is 0 Å². The molecule has 0 aliphatic rings. The summed E-state index contributed by atoms with van der Waals surface area (Å²) in [6.07, 6.45) is 13.7. The van der Waals surface area contributed by atoms with Gasteiger partial charge in [0, 0.05) is 18.1 Å². The highest BCUT2D eigenvalue weighted by Gasteiger charge is 2.48. The summed E-state index contributed by atoms with van der Waals surface area (Å²) in [5.41, 5.74) is 0.243. The van der Waals surface area contributed by atoms with Crippen LogP contribution in [-0.4, -0.2) is 60.3 Å². The van der Waals surface area contributed by atoms with Gasteiger partial charge in [-0.05, 0) is 66.7 Å². The molecule has 29 heavy (non-hydrogen) atoms. The standard InChI is InChI=1S/C24H55N4P/c1-11-17-23(18-12-2)28(24(19-13-3,20-14-4)21-15-5)29(26(7)8,27(9)10)25-22-16-6/h23H,11-22H2,1-10H3. The summed E-state index contributed by atoms with van der Waals surface area (Å²) in [6.45, 7) is 15.1. The van der Waals surface area contributed by atoms with Gasteiger partial charge in [0.05, 0.1) is 0 Å². The maximum absolute atomic E-state index is 5.56. The van der Waals surface area contributed by atoms with Gasteiger partial charge in [0.1, 0.15) is 0 Å². The summed E-state index contributed by atoms with van der Waals surface area (Å²) in [5, 5.41) is 0. The lowest BCUT2D eigenvalue weighted by molar-refractivity contribution is 0.0834. The highest BCUT2D eigenvalue weighted by Crippen LogP contribution is 2.63. The Morgan fingerprint density at radius 1 is 0.655 bits per heavy atom. The summed E-state index contributed by atoms with van der Waals surface area (Å²) >= 11 is 0. The molecule has 4 nitrogen and oxygen atoms in total. The van der Waals surface area contributed by atoms with E-state index >= 15 is 0 Å². The molecule has 0 spiro atoms. The quantitative estimate of drug-likeness (QED) is 0.219. The predicted molar refractivity (Wildman–Crippen MR) is 135 cm³/mol. The average molecular weight is 431 g/mol. The third kappa shape index (κ3) is 7.34. The Labute approximate surface area is 185 Å². The Morgan fingerprint density at radius 2 is 1.07 bits per heavy atom. The lowest BCUT2D eigenvalue weighted by atomic mass is 9.82. The molecule has 176 valence electrons. The number of rotatable bonds is 17. The van der Waals surface area contributed by atoms with E-state index in [0.717, 1.165) is 13.0 Å². The van der Waals surface area contributed by atoms with Gasteiger partial charge in [-0.15, -0.1) is 0 Å². The van der Waals surface area contributed by atoms with Crippen molar-refractivity contribution in [1.82, 2.24) is 14.0 Å². The largest absolute Gasteiger partial charge is 0.261 e. The van der Waals surface area contributed by atoms with Crippen LogP contribution in [0.2, 0.25) is 0 Å². The highest BCUT2D eigenvalue weighted by atomic mass is 31.2. The maximum atomic E-state index is 5.56. The fourth-order valence-electron chi connectivity index (χ4n) is 5.36. The van der Waals surface area contributed by atoms with Crippen molar-refractivity contribution < 1.29 is 0 Å². The summed E-state index contributed by atoms with van der Waals surface area (Å²) in [5.74, 6) is 0. The summed E-state index contributed by atoms with van der Waals surface area (Å²) in [7, 11) is 7.16. The second-order valence-electron chi connectivity index (χ2n) is 9.15. The molecule has 0 unspecified atom stereocenters. The highest BCUT2D eigenvalue weighted by molar-refractivity contribution is 7.59. The average Bonchev–Trinajstić information content (AvgIpc) is 2.65. The summed E-state index contributed by atoms with van der Waals surface area (Å²) < 4.78 is 13.6. The molecule has 0 saturated carbocycles. The minimum atomic E-state index is -1.97. The molecule has 0 aromatic heterocycles. The number of nitrogens with zero attached hydrogens (tertiary/aromatic N) is 4. The van der Waals surface area contributed by atoms with Crippen LogP contribution in [0.3, 0.4) is 0 Å². The number of hydrogen-bond donors (Lipinski definition) is 0. The molecule has 0 aliphatic heterocycles. The molecule has 0 aromatic rings. The van der Waals surface area contributed by atoms with Gasteiger partial charge in [-0.2, -0.15) is 0 Å². The smallest absolute Gasteiger partial charge is 0.167 e. The van der Waals surface area contributed by atoms with Gasteiger partial charge in [-0.1, -0.05) is 73.6 Å². The molecule has 0 N–H and O–H groups in total. The van der Waals surface area contributed by atoms with E-state index in [0.29, 0.717) is 6.04 Å². The Balaban J connectivity index is 7.08. The molecule has 0 fully saturated rings. The van der Waals surface area contributed by atoms with Crippen molar-refractivity contribution in [2.24, 2.45) is 4.74 Å². The van der Waals surface area contributed by atoms with Crippen molar-refractivity contribution in [2.75, 3.05) is 34.7 Å². The van der Waals surface area contributed by atoms with Crippen molar-refractivity contribution >= 4 is 7.51 Å². The van der Waals surface area contributed by atoms with Gasteiger partial charge in [-0.25, -0.2) is 4.67 Å². The molecule has 0 rings (SSSR count). The monoisotopic (exact) mass is 430 g/mol. The zero-order valence-corrected chi connectivity index (χ0v) is 22.7. The zero-order chi connectivity index (χ0) is 22.5. The van der Waals surface area contributed by atoms with Crippen molar-refractivity contribution in [2.45, 2.75) is 124 Å². The molecular weight excluding hydrogens is 375 g/mol. The fraction of sp³-hybridized carbons (Fsp3) is 1.00. The second kappa shape index (κ2) is 15.0. The van der Waals surface area contributed by atoms with Gasteiger partial charge in [-0.3, -0.25) is 14.1 Å². The molecule has 0 aromatic carbocycles. The first kappa shape index (κ1) is 29.1. The van der Waals surface area contributed by atoms with Crippen LogP contribution in [0.15, 0.2) is 4.74 Å². The van der Waals surface area contributed by atoms with E-state index in [9.17, 15) is 0 Å². The molecule has 0 heterocycles. The molecule has 0 bridgehead atoms. The Kier molecular flexibility index (Phi) is 15.1. The van der Waals surface area contributed by atoms with Crippen LogP contribution >= 0.6 is 7.51 Å². The van der Waals surface area contributed by atoms with Crippen LogP contribution in [0, 0.1) is 0 Å². The van der Waals surface area contributed by atoms with Crippen LogP contribution in [0.1, 0.15) is 112 Å². The van der Waals surface area contributed by atoms with Crippen molar-refractivity contribution in [1.29, 1.82) is 0 Å². The first-order valence-corrected chi connectivity index (χ1v) is 14.1. The first-order valence-electron chi connectivity index (χ1n) is 12.5. The molecule has 5 heteroatoms. The third-order valence-corrected chi connectivity index (χ3v) is 10.2. The first-order chi connectivity index (χ1) is 13.8. The van der Waals surface area contributed by atoms with E-state index in [1.54, 1.807) is 0 Å². The molecular formula is C24H55N4P. The summed E-state index contributed by atoms with van der Waals surface area (Å²) in [6, 6.07) is 0.605. The van der Waals surface area contributed by atoms with Crippen molar-refractivity contribution in [3.05, 3.63) is 0 Å².